The Balaban J connectivity index is 1.16. The van der Waals surface area contributed by atoms with Crippen LogP contribution in [0.5, 0.6) is 0 Å². The van der Waals surface area contributed by atoms with E-state index >= 15 is 0 Å². The molecule has 10 heteroatoms. The second-order valence-electron chi connectivity index (χ2n) is 11.0. The third-order valence-electron chi connectivity index (χ3n) is 7.92. The third-order valence-corrected chi connectivity index (χ3v) is 7.92. The van der Waals surface area contributed by atoms with Crippen LogP contribution >= 0.6 is 0 Å². The molecule has 2 aliphatic rings. The smallest absolute Gasteiger partial charge is 0.290 e. The lowest BCUT2D eigenvalue weighted by molar-refractivity contribution is -0.135. The highest BCUT2D eigenvalue weighted by Crippen LogP contribution is 2.33. The Morgan fingerprint density at radius 3 is 2.54 bits per heavy atom. The average Bonchev–Trinajstić information content (AvgIpc) is 3.68. The van der Waals surface area contributed by atoms with E-state index in [0.29, 0.717) is 42.8 Å². The van der Waals surface area contributed by atoms with Crippen molar-refractivity contribution in [3.63, 3.8) is 0 Å². The maximum absolute atomic E-state index is 13.7. The van der Waals surface area contributed by atoms with E-state index in [4.69, 9.17) is 0 Å². The number of hydrogen-bond donors (Lipinski definition) is 2. The van der Waals surface area contributed by atoms with Crippen molar-refractivity contribution in [1.82, 2.24) is 29.7 Å². The summed E-state index contributed by atoms with van der Waals surface area (Å²) in [6, 6.07) is 12.6. The molecule has 4 heterocycles. The zero-order chi connectivity index (χ0) is 27.4. The lowest BCUT2D eigenvalue weighted by Gasteiger charge is -2.36. The molecule has 2 N–H and O–H groups in total. The molecule has 0 radical (unpaired) electrons. The number of piperazine rings is 1. The minimum absolute atomic E-state index is 0.0943. The molecule has 0 saturated carbocycles. The van der Waals surface area contributed by atoms with E-state index < -0.39 is 6.04 Å². The van der Waals surface area contributed by atoms with E-state index in [0.717, 1.165) is 16.6 Å². The van der Waals surface area contributed by atoms with Crippen molar-refractivity contribution in [2.24, 2.45) is 13.0 Å². The molecule has 3 amide bonds. The molecule has 2 aromatic carbocycles. The Morgan fingerprint density at radius 2 is 1.82 bits per heavy atom. The van der Waals surface area contributed by atoms with Gasteiger partial charge in [-0.1, -0.05) is 26.0 Å². The fourth-order valence-electron chi connectivity index (χ4n) is 6.04. The topological polar surface area (TPSA) is 103 Å². The van der Waals surface area contributed by atoms with E-state index in [1.807, 2.05) is 43.0 Å². The van der Waals surface area contributed by atoms with Crippen LogP contribution in [0.15, 0.2) is 48.5 Å². The maximum Gasteiger partial charge on any atom is 0.290 e. The zero-order valence-electron chi connectivity index (χ0n) is 22.1. The standard InChI is InChI=1S/C29H31FN6O3/c1-16(2)10-23(33-27(37)25-12-17-11-18(30)8-9-24(17)34(25)3)28(38)35-14-20-13-19(35)15-36(20)29(39)26-31-21-6-4-5-7-22(21)32-26/h4-9,11-12,16,19-20,23H,10,13-15H2,1-3H3,(H,31,32)(H,33,37)/t19-,20-,23-/m0/s1. The van der Waals surface area contributed by atoms with Crippen LogP contribution in [0.4, 0.5) is 4.39 Å². The van der Waals surface area contributed by atoms with Gasteiger partial charge >= 0.3 is 0 Å². The molecule has 2 fully saturated rings. The minimum atomic E-state index is -0.703. The van der Waals surface area contributed by atoms with Gasteiger partial charge in [-0.3, -0.25) is 14.4 Å². The number of nitrogens with one attached hydrogen (secondary N) is 2. The first-order valence-corrected chi connectivity index (χ1v) is 13.3. The van der Waals surface area contributed by atoms with Gasteiger partial charge in [0.2, 0.25) is 5.91 Å². The van der Waals surface area contributed by atoms with Crippen molar-refractivity contribution in [3.05, 3.63) is 65.9 Å². The molecule has 0 spiro atoms. The highest BCUT2D eigenvalue weighted by Gasteiger charge is 2.49. The molecule has 202 valence electrons. The van der Waals surface area contributed by atoms with Gasteiger partial charge in [-0.05, 0) is 55.2 Å². The SMILES string of the molecule is CC(C)C[C@H](NC(=O)c1cc2cc(F)ccc2n1C)C(=O)N1C[C@@H]2C[C@H]1CN2C(=O)c1nc2ccccc2[nH]1. The Kier molecular flexibility index (Phi) is 6.12. The van der Waals surface area contributed by atoms with Crippen LogP contribution in [0.1, 0.15) is 47.8 Å². The average molecular weight is 531 g/mol. The first-order valence-electron chi connectivity index (χ1n) is 13.3. The number of aromatic amines is 1. The number of nitrogens with zero attached hydrogens (tertiary/aromatic N) is 4. The zero-order valence-corrected chi connectivity index (χ0v) is 22.1. The first kappa shape index (κ1) is 25.1. The molecular weight excluding hydrogens is 499 g/mol. The predicted octanol–water partition coefficient (Wildman–Crippen LogP) is 3.46. The van der Waals surface area contributed by atoms with Crippen molar-refractivity contribution in [2.75, 3.05) is 13.1 Å². The van der Waals surface area contributed by atoms with Crippen molar-refractivity contribution in [1.29, 1.82) is 0 Å². The second-order valence-corrected chi connectivity index (χ2v) is 11.0. The van der Waals surface area contributed by atoms with E-state index in [1.54, 1.807) is 28.6 Å². The van der Waals surface area contributed by atoms with Crippen molar-refractivity contribution >= 4 is 39.7 Å². The largest absolute Gasteiger partial charge is 0.340 e. The van der Waals surface area contributed by atoms with Crippen LogP contribution in [0.3, 0.4) is 0 Å². The van der Waals surface area contributed by atoms with Crippen LogP contribution in [0.25, 0.3) is 21.9 Å². The number of para-hydroxylation sites is 2. The maximum atomic E-state index is 13.7. The summed E-state index contributed by atoms with van der Waals surface area (Å²) in [5.74, 6) is -0.563. The van der Waals surface area contributed by atoms with Crippen molar-refractivity contribution in [2.45, 2.75) is 44.8 Å². The predicted molar refractivity (Wildman–Crippen MR) is 145 cm³/mol. The number of rotatable bonds is 6. The van der Waals surface area contributed by atoms with Crippen LogP contribution < -0.4 is 5.32 Å². The number of aryl methyl sites for hydroxylation is 1. The Bertz CT molecular complexity index is 1570. The summed E-state index contributed by atoms with van der Waals surface area (Å²) >= 11 is 0. The monoisotopic (exact) mass is 530 g/mol. The molecule has 2 saturated heterocycles. The number of carbonyl (C=O) groups is 3. The number of benzene rings is 2. The van der Waals surface area contributed by atoms with Gasteiger partial charge in [-0.15, -0.1) is 0 Å². The third kappa shape index (κ3) is 4.43. The van der Waals surface area contributed by atoms with Crippen LogP contribution in [0.2, 0.25) is 0 Å². The summed E-state index contributed by atoms with van der Waals surface area (Å²) in [6.45, 7) is 4.88. The highest BCUT2D eigenvalue weighted by atomic mass is 19.1. The Hall–Kier alpha value is -4.21. The molecule has 0 unspecified atom stereocenters. The number of amides is 3. The van der Waals surface area contributed by atoms with Crippen molar-refractivity contribution in [3.8, 4) is 0 Å². The number of fused-ring (bicyclic) bond motifs is 4. The van der Waals surface area contributed by atoms with Crippen LogP contribution in [-0.2, 0) is 11.8 Å². The minimum Gasteiger partial charge on any atom is -0.340 e. The lowest BCUT2D eigenvalue weighted by Crippen LogP contribution is -2.56. The molecular formula is C29H31FN6O3. The molecule has 3 atom stereocenters. The molecule has 2 bridgehead atoms. The number of halogens is 1. The fraction of sp³-hybridized carbons (Fsp3) is 0.379. The van der Waals surface area contributed by atoms with E-state index in [-0.39, 0.29) is 41.5 Å². The molecule has 0 aliphatic carbocycles. The summed E-state index contributed by atoms with van der Waals surface area (Å²) in [5, 5.41) is 3.58. The van der Waals surface area contributed by atoms with Gasteiger partial charge in [0.25, 0.3) is 11.8 Å². The summed E-state index contributed by atoms with van der Waals surface area (Å²) in [4.78, 5) is 51.5. The van der Waals surface area contributed by atoms with E-state index in [2.05, 4.69) is 15.3 Å². The van der Waals surface area contributed by atoms with Gasteiger partial charge in [0.1, 0.15) is 17.6 Å². The number of aromatic nitrogens is 3. The molecule has 9 nitrogen and oxygen atoms in total. The van der Waals surface area contributed by atoms with Gasteiger partial charge < -0.3 is 24.7 Å². The molecule has 2 aromatic heterocycles. The number of hydrogen-bond acceptors (Lipinski definition) is 4. The van der Waals surface area contributed by atoms with E-state index in [9.17, 15) is 18.8 Å². The van der Waals surface area contributed by atoms with Crippen molar-refractivity contribution < 1.29 is 18.8 Å². The molecule has 2 aliphatic heterocycles. The van der Waals surface area contributed by atoms with Gasteiger partial charge in [0, 0.05) is 31.0 Å². The van der Waals surface area contributed by atoms with Crippen LogP contribution in [-0.4, -0.2) is 73.3 Å². The Labute approximate surface area is 225 Å². The summed E-state index contributed by atoms with van der Waals surface area (Å²) in [6.07, 6.45) is 1.19. The number of H-pyrrole nitrogens is 1. The quantitative estimate of drug-likeness (QED) is 0.399. The molecule has 4 aromatic rings. The first-order chi connectivity index (χ1) is 18.7. The second kappa shape index (κ2) is 9.52. The molecule has 6 rings (SSSR count). The summed E-state index contributed by atoms with van der Waals surface area (Å²) in [5.41, 5.74) is 2.65. The van der Waals surface area contributed by atoms with Gasteiger partial charge in [0.15, 0.2) is 5.82 Å². The lowest BCUT2D eigenvalue weighted by atomic mass is 10.0. The van der Waals surface area contributed by atoms with Gasteiger partial charge in [-0.25, -0.2) is 9.37 Å². The highest BCUT2D eigenvalue weighted by molar-refractivity contribution is 6.01. The van der Waals surface area contributed by atoms with Gasteiger partial charge in [0.05, 0.1) is 23.1 Å². The molecule has 39 heavy (non-hydrogen) atoms. The summed E-state index contributed by atoms with van der Waals surface area (Å²) in [7, 11) is 1.75. The number of imidazole rings is 1. The van der Waals surface area contributed by atoms with Crippen LogP contribution in [0, 0.1) is 11.7 Å². The van der Waals surface area contributed by atoms with Gasteiger partial charge in [-0.2, -0.15) is 0 Å². The fourth-order valence-corrected chi connectivity index (χ4v) is 6.04. The normalized spacial score (nSPS) is 19.4. The number of carbonyl (C=O) groups excluding carboxylic acids is 3. The Morgan fingerprint density at radius 1 is 1.08 bits per heavy atom. The number of likely N-dealkylation sites (tertiary alicyclic amines) is 2. The van der Waals surface area contributed by atoms with E-state index in [1.165, 1.54) is 12.1 Å². The summed E-state index contributed by atoms with van der Waals surface area (Å²) < 4.78 is 15.4.